The largest absolute Gasteiger partial charge is 0.407 e. The lowest BCUT2D eigenvalue weighted by molar-refractivity contribution is 0.243. The van der Waals surface area contributed by atoms with Crippen molar-refractivity contribution in [3.05, 3.63) is 73.3 Å². The Morgan fingerprint density at radius 2 is 1.43 bits per heavy atom. The minimum absolute atomic E-state index is 0.000972. The van der Waals surface area contributed by atoms with Crippen LogP contribution in [0.5, 0.6) is 0 Å². The van der Waals surface area contributed by atoms with Gasteiger partial charge in [0.25, 0.3) is 8.32 Å². The van der Waals surface area contributed by atoms with E-state index in [-0.39, 0.29) is 10.5 Å². The van der Waals surface area contributed by atoms with Crippen LogP contribution in [0.3, 0.4) is 0 Å². The fourth-order valence-electron chi connectivity index (χ4n) is 4.03. The van der Waals surface area contributed by atoms with E-state index in [2.05, 4.69) is 107 Å². The molecule has 1 nitrogen and oxygen atoms in total. The summed E-state index contributed by atoms with van der Waals surface area (Å²) in [5.41, 5.74) is -0.0953. The van der Waals surface area contributed by atoms with Crippen molar-refractivity contribution in [2.45, 2.75) is 52.5 Å². The van der Waals surface area contributed by atoms with Crippen molar-refractivity contribution in [3.8, 4) is 11.8 Å². The lowest BCUT2D eigenvalue weighted by atomic mass is 9.84. The number of allylic oxidation sites excluding steroid dienone is 1. The molecule has 0 aliphatic rings. The van der Waals surface area contributed by atoms with Gasteiger partial charge in [-0.05, 0) is 42.1 Å². The van der Waals surface area contributed by atoms with Crippen molar-refractivity contribution < 1.29 is 4.43 Å². The van der Waals surface area contributed by atoms with Gasteiger partial charge in [0, 0.05) is 12.0 Å². The molecule has 0 N–H and O–H groups in total. The van der Waals surface area contributed by atoms with Crippen LogP contribution >= 0.6 is 0 Å². The standard InChI is InChI=1S/C26H34OSi/c1-7-19-26(6,20-8-2)21-22-27-28(25(3,4)5,23-15-11-9-12-16-23)24-17-13-10-14-18-24/h7,9-18H,1,19,21-22H2,2-6H3/t26-/m0/s1. The number of hydrogen-bond acceptors (Lipinski definition) is 1. The molecule has 0 saturated heterocycles. The maximum Gasteiger partial charge on any atom is 0.261 e. The molecule has 2 heteroatoms. The van der Waals surface area contributed by atoms with Gasteiger partial charge in [-0.15, -0.1) is 12.5 Å². The Morgan fingerprint density at radius 1 is 0.929 bits per heavy atom. The second kappa shape index (κ2) is 9.41. The summed E-state index contributed by atoms with van der Waals surface area (Å²) in [6, 6.07) is 21.6. The zero-order valence-corrected chi connectivity index (χ0v) is 19.1. The van der Waals surface area contributed by atoms with Gasteiger partial charge in [-0.2, -0.15) is 0 Å². The fourth-order valence-corrected chi connectivity index (χ4v) is 8.59. The Labute approximate surface area is 173 Å². The van der Waals surface area contributed by atoms with Crippen molar-refractivity contribution in [2.75, 3.05) is 6.61 Å². The van der Waals surface area contributed by atoms with Gasteiger partial charge in [0.1, 0.15) is 0 Å². The van der Waals surface area contributed by atoms with Crippen LogP contribution in [-0.4, -0.2) is 14.9 Å². The van der Waals surface area contributed by atoms with Crippen molar-refractivity contribution in [1.29, 1.82) is 0 Å². The van der Waals surface area contributed by atoms with Crippen LogP contribution in [0.15, 0.2) is 73.3 Å². The van der Waals surface area contributed by atoms with E-state index >= 15 is 0 Å². The molecule has 0 heterocycles. The summed E-state index contributed by atoms with van der Waals surface area (Å²) < 4.78 is 6.99. The predicted octanol–water partition coefficient (Wildman–Crippen LogP) is 5.56. The van der Waals surface area contributed by atoms with Gasteiger partial charge in [0.2, 0.25) is 0 Å². The van der Waals surface area contributed by atoms with Gasteiger partial charge < -0.3 is 4.43 Å². The molecular weight excluding hydrogens is 356 g/mol. The van der Waals surface area contributed by atoms with Crippen LogP contribution in [-0.2, 0) is 4.43 Å². The van der Waals surface area contributed by atoms with Crippen LogP contribution in [0.4, 0.5) is 0 Å². The number of hydrogen-bond donors (Lipinski definition) is 0. The molecule has 0 aromatic heterocycles. The van der Waals surface area contributed by atoms with Gasteiger partial charge in [0.05, 0.1) is 0 Å². The SMILES string of the molecule is C=CC[C@@](C)(C#CC)CCO[Si](c1ccccc1)(c1ccccc1)C(C)(C)C. The lowest BCUT2D eigenvalue weighted by Crippen LogP contribution is -2.66. The molecule has 0 fully saturated rings. The summed E-state index contributed by atoms with van der Waals surface area (Å²) in [6.07, 6.45) is 3.73. The number of benzene rings is 2. The summed E-state index contributed by atoms with van der Waals surface area (Å²) in [7, 11) is -2.47. The maximum atomic E-state index is 6.99. The Bertz CT molecular complexity index is 769. The van der Waals surface area contributed by atoms with E-state index < -0.39 is 8.32 Å². The normalized spacial score (nSPS) is 13.9. The highest BCUT2D eigenvalue weighted by Gasteiger charge is 2.50. The van der Waals surface area contributed by atoms with E-state index in [1.165, 1.54) is 10.4 Å². The summed E-state index contributed by atoms with van der Waals surface area (Å²) in [5.74, 6) is 6.47. The number of rotatable bonds is 8. The quantitative estimate of drug-likeness (QED) is 0.326. The maximum absolute atomic E-state index is 6.99. The topological polar surface area (TPSA) is 9.23 Å². The van der Waals surface area contributed by atoms with Gasteiger partial charge in [-0.1, -0.05) is 93.4 Å². The minimum atomic E-state index is -2.47. The van der Waals surface area contributed by atoms with Gasteiger partial charge in [-0.25, -0.2) is 0 Å². The molecule has 0 saturated carbocycles. The third-order valence-corrected chi connectivity index (χ3v) is 10.5. The van der Waals surface area contributed by atoms with E-state index in [4.69, 9.17) is 4.43 Å². The van der Waals surface area contributed by atoms with Crippen LogP contribution in [0.2, 0.25) is 5.04 Å². The van der Waals surface area contributed by atoms with E-state index in [1.54, 1.807) is 0 Å². The first-order chi connectivity index (χ1) is 13.3. The van der Waals surface area contributed by atoms with Crippen LogP contribution < -0.4 is 10.4 Å². The lowest BCUT2D eigenvalue weighted by Gasteiger charge is -2.43. The molecule has 0 spiro atoms. The first kappa shape index (κ1) is 22.2. The molecule has 2 aromatic carbocycles. The zero-order valence-electron chi connectivity index (χ0n) is 18.1. The van der Waals surface area contributed by atoms with Gasteiger partial charge >= 0.3 is 0 Å². The van der Waals surface area contributed by atoms with Gasteiger partial charge in [0.15, 0.2) is 0 Å². The highest BCUT2D eigenvalue weighted by Crippen LogP contribution is 2.37. The molecule has 1 atom stereocenters. The second-order valence-corrected chi connectivity index (χ2v) is 13.0. The molecule has 0 aliphatic carbocycles. The first-order valence-corrected chi connectivity index (χ1v) is 12.0. The Kier molecular flexibility index (Phi) is 7.46. The highest BCUT2D eigenvalue weighted by molar-refractivity contribution is 6.99. The zero-order chi connectivity index (χ0) is 20.7. The predicted molar refractivity (Wildman–Crippen MR) is 125 cm³/mol. The molecule has 148 valence electrons. The third-order valence-electron chi connectivity index (χ3n) is 5.41. The molecule has 2 rings (SSSR count). The molecule has 0 bridgehead atoms. The summed E-state index contributed by atoms with van der Waals surface area (Å²) in [4.78, 5) is 0. The van der Waals surface area contributed by atoms with Crippen LogP contribution in [0, 0.1) is 17.3 Å². The molecular formula is C26H34OSi. The van der Waals surface area contributed by atoms with Crippen LogP contribution in [0.1, 0.15) is 47.5 Å². The first-order valence-electron chi connectivity index (χ1n) is 10.1. The van der Waals surface area contributed by atoms with Crippen molar-refractivity contribution in [3.63, 3.8) is 0 Å². The van der Waals surface area contributed by atoms with Gasteiger partial charge in [-0.3, -0.25) is 0 Å². The van der Waals surface area contributed by atoms with Crippen LogP contribution in [0.25, 0.3) is 0 Å². The minimum Gasteiger partial charge on any atom is -0.407 e. The molecule has 2 aromatic rings. The van der Waals surface area contributed by atoms with E-state index in [0.717, 1.165) is 12.8 Å². The molecule has 0 radical (unpaired) electrons. The molecule has 28 heavy (non-hydrogen) atoms. The third kappa shape index (κ3) is 4.84. The average Bonchev–Trinajstić information content (AvgIpc) is 2.66. The fraction of sp³-hybridized carbons (Fsp3) is 0.385. The van der Waals surface area contributed by atoms with Crippen molar-refractivity contribution in [1.82, 2.24) is 0 Å². The van der Waals surface area contributed by atoms with E-state index in [9.17, 15) is 0 Å². The Morgan fingerprint density at radius 3 is 1.82 bits per heavy atom. The smallest absolute Gasteiger partial charge is 0.261 e. The molecule has 0 aliphatic heterocycles. The van der Waals surface area contributed by atoms with E-state index in [0.29, 0.717) is 6.61 Å². The second-order valence-electron chi connectivity index (χ2n) is 8.69. The summed E-state index contributed by atoms with van der Waals surface area (Å²) in [6.45, 7) is 15.7. The van der Waals surface area contributed by atoms with Crippen molar-refractivity contribution >= 4 is 18.7 Å². The average molecular weight is 391 g/mol. The summed E-state index contributed by atoms with van der Waals surface area (Å²) >= 11 is 0. The molecule has 0 unspecified atom stereocenters. The van der Waals surface area contributed by atoms with E-state index in [1.807, 2.05) is 13.0 Å². The Balaban J connectivity index is 2.47. The monoisotopic (exact) mass is 390 g/mol. The van der Waals surface area contributed by atoms with Crippen molar-refractivity contribution in [2.24, 2.45) is 5.41 Å². The molecule has 0 amide bonds. The Hall–Kier alpha value is -2.08. The summed E-state index contributed by atoms with van der Waals surface area (Å²) in [5, 5.41) is 2.64. The highest BCUT2D eigenvalue weighted by atomic mass is 28.4.